The predicted molar refractivity (Wildman–Crippen MR) is 94.5 cm³/mol. The van der Waals surface area contributed by atoms with Crippen LogP contribution in [0, 0.1) is 23.2 Å². The van der Waals surface area contributed by atoms with Crippen molar-refractivity contribution in [1.82, 2.24) is 0 Å². The van der Waals surface area contributed by atoms with Gasteiger partial charge in [-0.05, 0) is 81.5 Å². The van der Waals surface area contributed by atoms with Gasteiger partial charge in [-0.1, -0.05) is 32.1 Å². The lowest BCUT2D eigenvalue weighted by Gasteiger charge is -2.58. The van der Waals surface area contributed by atoms with E-state index in [1.165, 1.54) is 83.5 Å². The van der Waals surface area contributed by atoms with E-state index in [2.05, 4.69) is 6.92 Å². The van der Waals surface area contributed by atoms with Crippen LogP contribution in [0.1, 0.15) is 90.4 Å². The third-order valence-electron chi connectivity index (χ3n) is 7.20. The summed E-state index contributed by atoms with van der Waals surface area (Å²) in [5, 5.41) is 0. The van der Waals surface area contributed by atoms with E-state index in [-0.39, 0.29) is 0 Å². The molecule has 5 rings (SSSR count). The first-order chi connectivity index (χ1) is 10.6. The normalized spacial score (nSPS) is 43.0. The van der Waals surface area contributed by atoms with Crippen molar-refractivity contribution >= 4 is 0 Å². The molecule has 0 saturated heterocycles. The van der Waals surface area contributed by atoms with Gasteiger partial charge in [0.25, 0.3) is 0 Å². The Labute approximate surface area is 137 Å². The fraction of sp³-hybridized carbons (Fsp3) is 1.00. The predicted octanol–water partition coefficient (Wildman–Crippen LogP) is 4.61. The molecule has 0 aromatic carbocycles. The Balaban J connectivity index is 0.000000142. The number of rotatable bonds is 1. The first-order valence-corrected chi connectivity index (χ1v) is 10.1. The third kappa shape index (κ3) is 3.87. The molecule has 128 valence electrons. The van der Waals surface area contributed by atoms with Gasteiger partial charge >= 0.3 is 0 Å². The smallest absolute Gasteiger partial charge is 0.00673 e. The van der Waals surface area contributed by atoms with E-state index in [0.29, 0.717) is 17.5 Å². The largest absolute Gasteiger partial charge is 0.328 e. The van der Waals surface area contributed by atoms with E-state index in [9.17, 15) is 0 Å². The van der Waals surface area contributed by atoms with Gasteiger partial charge in [-0.15, -0.1) is 0 Å². The minimum atomic E-state index is 0.445. The summed E-state index contributed by atoms with van der Waals surface area (Å²) in [6.45, 7) is 2.24. The van der Waals surface area contributed by atoms with E-state index >= 15 is 0 Å². The average Bonchev–Trinajstić information content (AvgIpc) is 2.42. The van der Waals surface area contributed by atoms with Crippen molar-refractivity contribution in [3.8, 4) is 0 Å². The molecule has 0 heterocycles. The first-order valence-electron chi connectivity index (χ1n) is 10.1. The average molecular weight is 307 g/mol. The fourth-order valence-electron chi connectivity index (χ4n) is 6.22. The topological polar surface area (TPSA) is 52.0 Å². The molecule has 2 heteroatoms. The van der Waals surface area contributed by atoms with Gasteiger partial charge in [0, 0.05) is 12.1 Å². The summed E-state index contributed by atoms with van der Waals surface area (Å²) in [6.07, 6.45) is 18.5. The van der Waals surface area contributed by atoms with Crippen molar-refractivity contribution in [3.63, 3.8) is 0 Å². The Morgan fingerprint density at radius 1 is 0.773 bits per heavy atom. The first kappa shape index (κ1) is 16.8. The van der Waals surface area contributed by atoms with E-state index in [4.69, 9.17) is 11.5 Å². The van der Waals surface area contributed by atoms with Gasteiger partial charge < -0.3 is 11.5 Å². The molecular formula is C20H38N2. The van der Waals surface area contributed by atoms with Gasteiger partial charge in [-0.3, -0.25) is 0 Å². The highest BCUT2D eigenvalue weighted by atomic mass is 14.7. The summed E-state index contributed by atoms with van der Waals surface area (Å²) in [4.78, 5) is 0. The van der Waals surface area contributed by atoms with E-state index in [1.54, 1.807) is 0 Å². The lowest BCUT2D eigenvalue weighted by molar-refractivity contribution is -0.0637. The zero-order valence-electron chi connectivity index (χ0n) is 14.7. The molecule has 0 aromatic rings. The molecule has 5 saturated carbocycles. The van der Waals surface area contributed by atoms with Gasteiger partial charge in [0.05, 0.1) is 0 Å². The highest BCUT2D eigenvalue weighted by Crippen LogP contribution is 2.60. The van der Waals surface area contributed by atoms with Crippen LogP contribution in [0.25, 0.3) is 0 Å². The van der Waals surface area contributed by atoms with E-state index < -0.39 is 0 Å². The van der Waals surface area contributed by atoms with Crippen molar-refractivity contribution < 1.29 is 0 Å². The van der Waals surface area contributed by atoms with Crippen molar-refractivity contribution in [2.45, 2.75) is 102 Å². The fourth-order valence-corrected chi connectivity index (χ4v) is 6.22. The summed E-state index contributed by atoms with van der Waals surface area (Å²) in [6, 6.07) is 0.964. The van der Waals surface area contributed by atoms with Crippen LogP contribution in [0.15, 0.2) is 0 Å². The Morgan fingerprint density at radius 2 is 1.18 bits per heavy atom. The second-order valence-corrected chi connectivity index (χ2v) is 9.17. The Kier molecular flexibility index (Phi) is 5.50. The molecule has 0 aliphatic heterocycles. The Hall–Kier alpha value is -0.0800. The van der Waals surface area contributed by atoms with E-state index in [1.807, 2.05) is 0 Å². The molecule has 5 aliphatic rings. The standard InChI is InChI=1S/C12H21N.C8H17N/c1-8(13)12-5-9-2-10(6-12)4-11(3-9)7-12;9-8-6-4-2-1-3-5-7-8/h8-11H,2-7,13H2,1H3;8H,1-7,9H2. The molecule has 0 radical (unpaired) electrons. The Morgan fingerprint density at radius 3 is 1.59 bits per heavy atom. The summed E-state index contributed by atoms with van der Waals surface area (Å²) in [5.74, 6) is 3.16. The van der Waals surface area contributed by atoms with Crippen LogP contribution in [-0.4, -0.2) is 12.1 Å². The number of hydrogen-bond donors (Lipinski definition) is 2. The summed E-state index contributed by atoms with van der Waals surface area (Å²) in [7, 11) is 0. The van der Waals surface area contributed by atoms with Gasteiger partial charge in [-0.25, -0.2) is 0 Å². The highest BCUT2D eigenvalue weighted by Gasteiger charge is 2.52. The van der Waals surface area contributed by atoms with Crippen LogP contribution in [-0.2, 0) is 0 Å². The number of hydrogen-bond acceptors (Lipinski definition) is 2. The van der Waals surface area contributed by atoms with Gasteiger partial charge in [0.2, 0.25) is 0 Å². The SMILES string of the molecule is CC(N)C12CC3CC(CC(C3)C1)C2.NC1CCCCCCC1. The molecule has 1 unspecified atom stereocenters. The molecule has 0 aromatic heterocycles. The van der Waals surface area contributed by atoms with Crippen LogP contribution in [0.4, 0.5) is 0 Å². The number of nitrogens with two attached hydrogens (primary N) is 2. The van der Waals surface area contributed by atoms with Crippen LogP contribution >= 0.6 is 0 Å². The molecule has 4 bridgehead atoms. The molecule has 5 fully saturated rings. The molecule has 22 heavy (non-hydrogen) atoms. The molecule has 0 amide bonds. The molecule has 0 spiro atoms. The zero-order valence-corrected chi connectivity index (χ0v) is 14.7. The molecule has 2 nitrogen and oxygen atoms in total. The summed E-state index contributed by atoms with van der Waals surface area (Å²) >= 11 is 0. The molecule has 1 atom stereocenters. The lowest BCUT2D eigenvalue weighted by Crippen LogP contribution is -2.53. The van der Waals surface area contributed by atoms with Gasteiger partial charge in [0.15, 0.2) is 0 Å². The zero-order chi connectivity index (χ0) is 15.6. The maximum absolute atomic E-state index is 6.19. The van der Waals surface area contributed by atoms with Crippen molar-refractivity contribution in [1.29, 1.82) is 0 Å². The lowest BCUT2D eigenvalue weighted by atomic mass is 9.48. The van der Waals surface area contributed by atoms with Crippen LogP contribution in [0.2, 0.25) is 0 Å². The Bertz CT molecular complexity index is 306. The third-order valence-corrected chi connectivity index (χ3v) is 7.20. The second kappa shape index (κ2) is 7.21. The molecular weight excluding hydrogens is 268 g/mol. The highest BCUT2D eigenvalue weighted by molar-refractivity contribution is 5.04. The summed E-state index contributed by atoms with van der Waals surface area (Å²) < 4.78 is 0. The van der Waals surface area contributed by atoms with Crippen molar-refractivity contribution in [2.75, 3.05) is 0 Å². The second-order valence-electron chi connectivity index (χ2n) is 9.17. The van der Waals surface area contributed by atoms with Gasteiger partial charge in [0.1, 0.15) is 0 Å². The van der Waals surface area contributed by atoms with E-state index in [0.717, 1.165) is 17.8 Å². The maximum atomic E-state index is 6.19. The van der Waals surface area contributed by atoms with Crippen molar-refractivity contribution in [3.05, 3.63) is 0 Å². The summed E-state index contributed by atoms with van der Waals surface area (Å²) in [5.41, 5.74) is 12.6. The monoisotopic (exact) mass is 306 g/mol. The molecule has 4 N–H and O–H groups in total. The van der Waals surface area contributed by atoms with Crippen molar-refractivity contribution in [2.24, 2.45) is 34.6 Å². The minimum absolute atomic E-state index is 0.445. The maximum Gasteiger partial charge on any atom is 0.00673 e. The van der Waals surface area contributed by atoms with Gasteiger partial charge in [-0.2, -0.15) is 0 Å². The van der Waals surface area contributed by atoms with Crippen LogP contribution < -0.4 is 11.5 Å². The minimum Gasteiger partial charge on any atom is -0.328 e. The van der Waals surface area contributed by atoms with Crippen LogP contribution in [0.5, 0.6) is 0 Å². The van der Waals surface area contributed by atoms with Crippen LogP contribution in [0.3, 0.4) is 0 Å². The molecule has 5 aliphatic carbocycles. The quantitative estimate of drug-likeness (QED) is 0.743.